The molecule has 0 spiro atoms. The van der Waals surface area contributed by atoms with Crippen LogP contribution in [0.5, 0.6) is 0 Å². The Bertz CT molecular complexity index is 1020. The van der Waals surface area contributed by atoms with Crippen molar-refractivity contribution in [1.29, 1.82) is 0 Å². The van der Waals surface area contributed by atoms with E-state index >= 15 is 0 Å². The molecule has 172 valence electrons. The maximum absolute atomic E-state index is 2.29. The van der Waals surface area contributed by atoms with Gasteiger partial charge in [-0.05, 0) is 81.3 Å². The predicted molar refractivity (Wildman–Crippen MR) is 148 cm³/mol. The lowest BCUT2D eigenvalue weighted by atomic mass is 9.84. The standard InChI is InChI=1S/C34H36/c1-5-25-9-17-29(18-10-25)33(30-19-11-26(6-2)12-20-30)34(31-21-13-27(7-3)14-22-31)32-23-15-28(8-4)16-24-32/h9-24H,5-8H2,1-4H3. The summed E-state index contributed by atoms with van der Waals surface area (Å²) in [5, 5.41) is 0. The monoisotopic (exact) mass is 444 g/mol. The minimum absolute atomic E-state index is 1.05. The Morgan fingerprint density at radius 3 is 0.647 bits per heavy atom. The molecule has 4 aromatic rings. The van der Waals surface area contributed by atoms with Gasteiger partial charge in [0.15, 0.2) is 0 Å². The Kier molecular flexibility index (Phi) is 7.80. The van der Waals surface area contributed by atoms with Gasteiger partial charge in [-0.1, -0.05) is 125 Å². The van der Waals surface area contributed by atoms with Gasteiger partial charge in [-0.25, -0.2) is 0 Å². The SMILES string of the molecule is CCc1ccc(C(=C(c2ccc(CC)cc2)c2ccc(CC)cc2)c2ccc(CC)cc2)cc1. The third kappa shape index (κ3) is 5.23. The first kappa shape index (κ1) is 23.8. The molecule has 0 unspecified atom stereocenters. The number of hydrogen-bond donors (Lipinski definition) is 0. The van der Waals surface area contributed by atoms with E-state index in [2.05, 4.69) is 125 Å². The van der Waals surface area contributed by atoms with E-state index in [4.69, 9.17) is 0 Å². The van der Waals surface area contributed by atoms with Crippen LogP contribution in [0.2, 0.25) is 0 Å². The second kappa shape index (κ2) is 11.2. The van der Waals surface area contributed by atoms with Crippen molar-refractivity contribution >= 4 is 11.1 Å². The maximum Gasteiger partial charge on any atom is -0.00268 e. The summed E-state index contributed by atoms with van der Waals surface area (Å²) in [6, 6.07) is 36.5. The highest BCUT2D eigenvalue weighted by Crippen LogP contribution is 2.37. The van der Waals surface area contributed by atoms with Gasteiger partial charge in [0.05, 0.1) is 0 Å². The van der Waals surface area contributed by atoms with Gasteiger partial charge >= 0.3 is 0 Å². The lowest BCUT2D eigenvalue weighted by molar-refractivity contribution is 1.13. The smallest absolute Gasteiger partial charge is 0.00268 e. The fourth-order valence-electron chi connectivity index (χ4n) is 4.54. The van der Waals surface area contributed by atoms with Gasteiger partial charge in [-0.15, -0.1) is 0 Å². The van der Waals surface area contributed by atoms with Crippen molar-refractivity contribution < 1.29 is 0 Å². The minimum atomic E-state index is 1.05. The molecule has 0 saturated heterocycles. The van der Waals surface area contributed by atoms with Crippen molar-refractivity contribution in [3.05, 3.63) is 142 Å². The van der Waals surface area contributed by atoms with Crippen molar-refractivity contribution in [2.75, 3.05) is 0 Å². The zero-order valence-electron chi connectivity index (χ0n) is 21.1. The summed E-state index contributed by atoms with van der Waals surface area (Å²) in [6.07, 6.45) is 4.20. The van der Waals surface area contributed by atoms with Gasteiger partial charge in [0.25, 0.3) is 0 Å². The number of aryl methyl sites for hydroxylation is 4. The van der Waals surface area contributed by atoms with Crippen LogP contribution in [0.4, 0.5) is 0 Å². The van der Waals surface area contributed by atoms with Crippen molar-refractivity contribution in [2.45, 2.75) is 53.4 Å². The third-order valence-corrected chi connectivity index (χ3v) is 6.85. The molecule has 0 heteroatoms. The number of rotatable bonds is 8. The molecule has 34 heavy (non-hydrogen) atoms. The van der Waals surface area contributed by atoms with Crippen molar-refractivity contribution in [3.63, 3.8) is 0 Å². The molecule has 0 radical (unpaired) electrons. The largest absolute Gasteiger partial charge is 0.0613 e. The Morgan fingerprint density at radius 2 is 0.500 bits per heavy atom. The highest BCUT2D eigenvalue weighted by molar-refractivity contribution is 6.04. The van der Waals surface area contributed by atoms with Crippen molar-refractivity contribution in [1.82, 2.24) is 0 Å². The summed E-state index contributed by atoms with van der Waals surface area (Å²) < 4.78 is 0. The van der Waals surface area contributed by atoms with Crippen LogP contribution in [0.15, 0.2) is 97.1 Å². The van der Waals surface area contributed by atoms with Crippen LogP contribution in [0, 0.1) is 0 Å². The third-order valence-electron chi connectivity index (χ3n) is 6.85. The topological polar surface area (TPSA) is 0 Å². The van der Waals surface area contributed by atoms with Crippen LogP contribution >= 0.6 is 0 Å². The molecule has 0 N–H and O–H groups in total. The Morgan fingerprint density at radius 1 is 0.324 bits per heavy atom. The Labute approximate surface area is 206 Å². The average molecular weight is 445 g/mol. The summed E-state index contributed by atoms with van der Waals surface area (Å²) in [5.74, 6) is 0. The molecule has 0 aliphatic rings. The van der Waals surface area contributed by atoms with Crippen LogP contribution in [-0.2, 0) is 25.7 Å². The first-order valence-corrected chi connectivity index (χ1v) is 12.8. The highest BCUT2D eigenvalue weighted by atomic mass is 14.2. The van der Waals surface area contributed by atoms with Gasteiger partial charge in [0, 0.05) is 0 Å². The fourth-order valence-corrected chi connectivity index (χ4v) is 4.54. The molecule has 4 aromatic carbocycles. The van der Waals surface area contributed by atoms with E-state index in [0.717, 1.165) is 25.7 Å². The lowest BCUT2D eigenvalue weighted by Gasteiger charge is -2.19. The summed E-state index contributed by atoms with van der Waals surface area (Å²) in [4.78, 5) is 0. The molecule has 4 rings (SSSR count). The summed E-state index contributed by atoms with van der Waals surface area (Å²) in [5.41, 5.74) is 13.1. The molecule has 0 saturated carbocycles. The van der Waals surface area contributed by atoms with Crippen molar-refractivity contribution in [3.8, 4) is 0 Å². The number of hydrogen-bond acceptors (Lipinski definition) is 0. The van der Waals surface area contributed by atoms with Gasteiger partial charge in [-0.2, -0.15) is 0 Å². The molecule has 0 amide bonds. The molecule has 0 atom stereocenters. The molecule has 0 aliphatic heterocycles. The molecular weight excluding hydrogens is 408 g/mol. The van der Waals surface area contributed by atoms with E-state index in [-0.39, 0.29) is 0 Å². The average Bonchev–Trinajstić information content (AvgIpc) is 2.92. The van der Waals surface area contributed by atoms with E-state index in [1.54, 1.807) is 0 Å². The normalized spacial score (nSPS) is 10.8. The zero-order chi connectivity index (χ0) is 23.9. The number of benzene rings is 4. The molecule has 0 bridgehead atoms. The van der Waals surface area contributed by atoms with Gasteiger partial charge < -0.3 is 0 Å². The van der Waals surface area contributed by atoms with E-state index in [1.165, 1.54) is 55.7 Å². The summed E-state index contributed by atoms with van der Waals surface area (Å²) in [6.45, 7) is 8.85. The first-order valence-electron chi connectivity index (χ1n) is 12.8. The molecule has 0 aliphatic carbocycles. The molecule has 0 nitrogen and oxygen atoms in total. The quantitative estimate of drug-likeness (QED) is 0.238. The van der Waals surface area contributed by atoms with E-state index in [9.17, 15) is 0 Å². The highest BCUT2D eigenvalue weighted by Gasteiger charge is 2.16. The van der Waals surface area contributed by atoms with Crippen LogP contribution in [0.1, 0.15) is 72.2 Å². The fraction of sp³-hybridized carbons (Fsp3) is 0.235. The summed E-state index contributed by atoms with van der Waals surface area (Å²) in [7, 11) is 0. The molecule has 0 fully saturated rings. The minimum Gasteiger partial charge on any atom is -0.0613 e. The molecular formula is C34H36. The van der Waals surface area contributed by atoms with Gasteiger partial charge in [0.1, 0.15) is 0 Å². The van der Waals surface area contributed by atoms with Gasteiger partial charge in [0.2, 0.25) is 0 Å². The van der Waals surface area contributed by atoms with E-state index < -0.39 is 0 Å². The van der Waals surface area contributed by atoms with Crippen LogP contribution < -0.4 is 0 Å². The Hall–Kier alpha value is -3.38. The van der Waals surface area contributed by atoms with Gasteiger partial charge in [-0.3, -0.25) is 0 Å². The van der Waals surface area contributed by atoms with Crippen molar-refractivity contribution in [2.24, 2.45) is 0 Å². The first-order chi connectivity index (χ1) is 16.7. The Balaban J connectivity index is 2.02. The maximum atomic E-state index is 2.29. The summed E-state index contributed by atoms with van der Waals surface area (Å²) >= 11 is 0. The second-order valence-corrected chi connectivity index (χ2v) is 8.95. The van der Waals surface area contributed by atoms with E-state index in [1.807, 2.05) is 0 Å². The zero-order valence-corrected chi connectivity index (χ0v) is 21.1. The second-order valence-electron chi connectivity index (χ2n) is 8.95. The van der Waals surface area contributed by atoms with Crippen LogP contribution in [-0.4, -0.2) is 0 Å². The molecule has 0 aromatic heterocycles. The van der Waals surface area contributed by atoms with E-state index in [0.29, 0.717) is 0 Å². The predicted octanol–water partition coefficient (Wildman–Crippen LogP) is 8.94. The van der Waals surface area contributed by atoms with Crippen LogP contribution in [0.3, 0.4) is 0 Å². The lowest BCUT2D eigenvalue weighted by Crippen LogP contribution is -1.99. The van der Waals surface area contributed by atoms with Crippen LogP contribution in [0.25, 0.3) is 11.1 Å². The molecule has 0 heterocycles.